The molecule has 0 amide bonds. The molecule has 0 unspecified atom stereocenters. The molecule has 3 rings (SSSR count). The first-order valence-corrected chi connectivity index (χ1v) is 19.5. The molecule has 3 N–H and O–H groups in total. The number of thiocarbonyl (C=S) groups is 1. The van der Waals surface area contributed by atoms with Gasteiger partial charge in [-0.3, -0.25) is 0 Å². The molecule has 0 saturated carbocycles. The molecule has 1 aliphatic rings. The van der Waals surface area contributed by atoms with E-state index >= 15 is 0 Å². The number of nitrogens with zero attached hydrogens (tertiary/aromatic N) is 3. The smallest absolute Gasteiger partial charge is 0.139 e. The Kier molecular flexibility index (Phi) is 16.8. The van der Waals surface area contributed by atoms with Crippen molar-refractivity contribution >= 4 is 50.8 Å². The van der Waals surface area contributed by atoms with E-state index in [0.717, 1.165) is 106 Å². The molecule has 0 bridgehead atoms. The molecule has 2 aromatic rings. The van der Waals surface area contributed by atoms with E-state index in [-0.39, 0.29) is 22.8 Å². The Labute approximate surface area is 299 Å². The minimum atomic E-state index is -0.0483. The van der Waals surface area contributed by atoms with Gasteiger partial charge in [0.1, 0.15) is 27.3 Å². The van der Waals surface area contributed by atoms with Crippen molar-refractivity contribution < 1.29 is 20.1 Å². The van der Waals surface area contributed by atoms with Gasteiger partial charge in [0.2, 0.25) is 0 Å². The topological polar surface area (TPSA) is 79.6 Å². The Balaban J connectivity index is 1.92. The number of aliphatic hydroxyl groups excluding tert-OH is 2. The van der Waals surface area contributed by atoms with Crippen molar-refractivity contribution in [3.63, 3.8) is 0 Å². The van der Waals surface area contributed by atoms with E-state index in [9.17, 15) is 15.3 Å². The van der Waals surface area contributed by atoms with E-state index in [1.165, 1.54) is 0 Å². The third-order valence-corrected chi connectivity index (χ3v) is 10.4. The van der Waals surface area contributed by atoms with Crippen LogP contribution in [0.5, 0.6) is 11.5 Å². The molecule has 0 spiro atoms. The maximum atomic E-state index is 11.4. The summed E-state index contributed by atoms with van der Waals surface area (Å²) >= 11 is 7.22. The van der Waals surface area contributed by atoms with Crippen molar-refractivity contribution in [3.8, 4) is 11.5 Å². The molecule has 0 aromatic heterocycles. The highest BCUT2D eigenvalue weighted by molar-refractivity contribution is 8.22. The highest BCUT2D eigenvalue weighted by Crippen LogP contribution is 2.49. The average molecular weight is 698 g/mol. The predicted molar refractivity (Wildman–Crippen MR) is 211 cm³/mol. The number of unbranched alkanes of at least 4 members (excludes halogenated alkanes) is 4. The number of thioether (sulfide) groups is 1. The molecular formula is C39H59N3O4S2. The van der Waals surface area contributed by atoms with Gasteiger partial charge in [0.05, 0.1) is 17.8 Å². The van der Waals surface area contributed by atoms with E-state index in [2.05, 4.69) is 62.3 Å². The van der Waals surface area contributed by atoms with Gasteiger partial charge in [-0.2, -0.15) is 0 Å². The fraction of sp³-hybridized carbons (Fsp3) is 0.564. The van der Waals surface area contributed by atoms with Crippen LogP contribution < -0.4 is 14.5 Å². The van der Waals surface area contributed by atoms with Crippen molar-refractivity contribution in [1.29, 1.82) is 0 Å². The first-order valence-electron chi connectivity index (χ1n) is 18.1. The van der Waals surface area contributed by atoms with Crippen molar-refractivity contribution in [1.82, 2.24) is 4.90 Å². The summed E-state index contributed by atoms with van der Waals surface area (Å²) in [5.41, 5.74) is 3.64. The summed E-state index contributed by atoms with van der Waals surface area (Å²) in [6.45, 7) is 18.9. The Morgan fingerprint density at radius 3 is 1.58 bits per heavy atom. The lowest BCUT2D eigenvalue weighted by Crippen LogP contribution is -2.27. The molecule has 2 aromatic carbocycles. The lowest BCUT2D eigenvalue weighted by Gasteiger charge is -2.29. The average Bonchev–Trinajstić information content (AvgIpc) is 3.09. The van der Waals surface area contributed by atoms with E-state index in [1.807, 2.05) is 18.2 Å². The molecule has 0 saturated heterocycles. The highest BCUT2D eigenvalue weighted by Gasteiger charge is 2.35. The second-order valence-corrected chi connectivity index (χ2v) is 14.1. The van der Waals surface area contributed by atoms with Gasteiger partial charge >= 0.3 is 0 Å². The minimum absolute atomic E-state index is 0.0353. The van der Waals surface area contributed by atoms with Crippen LogP contribution in [0.3, 0.4) is 0 Å². The van der Waals surface area contributed by atoms with Crippen LogP contribution in [0.15, 0.2) is 47.9 Å². The Bertz CT molecular complexity index is 1370. The second-order valence-electron chi connectivity index (χ2n) is 12.4. The summed E-state index contributed by atoms with van der Waals surface area (Å²) in [5, 5.41) is 34.0. The van der Waals surface area contributed by atoms with Crippen LogP contribution in [0.25, 0.3) is 11.1 Å². The molecule has 266 valence electrons. The molecule has 0 aliphatic heterocycles. The molecule has 48 heavy (non-hydrogen) atoms. The van der Waals surface area contributed by atoms with E-state index in [1.54, 1.807) is 23.9 Å². The van der Waals surface area contributed by atoms with Gasteiger partial charge in [0.15, 0.2) is 0 Å². The third-order valence-electron chi connectivity index (χ3n) is 8.88. The summed E-state index contributed by atoms with van der Waals surface area (Å²) in [5.74, 6) is 1.23. The third kappa shape index (κ3) is 10.2. The maximum absolute atomic E-state index is 11.4. The number of rotatable bonds is 22. The van der Waals surface area contributed by atoms with Crippen LogP contribution in [0, 0.1) is 0 Å². The molecule has 0 heterocycles. The van der Waals surface area contributed by atoms with Crippen LogP contribution in [-0.2, 0) is 0 Å². The van der Waals surface area contributed by atoms with Crippen LogP contribution in [0.2, 0.25) is 0 Å². The Morgan fingerprint density at radius 1 is 0.667 bits per heavy atom. The number of hydrogen-bond acceptors (Lipinski definition) is 8. The molecule has 9 heteroatoms. The number of phenolic OH excluding ortho intramolecular Hbond substituents is 1. The number of phenols is 1. The van der Waals surface area contributed by atoms with Crippen molar-refractivity contribution in [2.45, 2.75) is 92.9 Å². The van der Waals surface area contributed by atoms with Crippen molar-refractivity contribution in [2.24, 2.45) is 0 Å². The van der Waals surface area contributed by atoms with E-state index < -0.39 is 0 Å². The zero-order chi connectivity index (χ0) is 35.1. The summed E-state index contributed by atoms with van der Waals surface area (Å²) < 4.78 is 7.26. The number of benzene rings is 2. The summed E-state index contributed by atoms with van der Waals surface area (Å²) in [6.07, 6.45) is 8.75. The molecule has 0 fully saturated rings. The number of allylic oxidation sites excluding steroid dienone is 2. The summed E-state index contributed by atoms with van der Waals surface area (Å²) in [6, 6.07) is 11.5. The number of ether oxygens (including phenoxy) is 1. The molecule has 0 atom stereocenters. The first kappa shape index (κ1) is 39.4. The SMILES string of the molecule is CCCCN(CCCC)c1ccc(C2=C(O)C(c3ccc(N(CCCC)CCCC)cc3OCCSC(=S)N(CC)CC)=C2O)c(O)c1. The normalized spacial score (nSPS) is 12.7. The molecule has 1 aliphatic carbocycles. The molecule has 0 radical (unpaired) electrons. The van der Waals surface area contributed by atoms with Gasteiger partial charge in [-0.15, -0.1) is 0 Å². The maximum Gasteiger partial charge on any atom is 0.139 e. The van der Waals surface area contributed by atoms with Gasteiger partial charge in [-0.1, -0.05) is 77.4 Å². The fourth-order valence-corrected chi connectivity index (χ4v) is 7.16. The quantitative estimate of drug-likeness (QED) is 0.0823. The van der Waals surface area contributed by atoms with Crippen LogP contribution in [0.1, 0.15) is 104 Å². The number of aromatic hydroxyl groups is 1. The molecular weight excluding hydrogens is 639 g/mol. The highest BCUT2D eigenvalue weighted by atomic mass is 32.2. The number of aliphatic hydroxyl groups is 2. The van der Waals surface area contributed by atoms with Crippen molar-refractivity contribution in [2.75, 3.05) is 61.4 Å². The van der Waals surface area contributed by atoms with Gasteiger partial charge in [-0.25, -0.2) is 0 Å². The van der Waals surface area contributed by atoms with Gasteiger partial charge in [0, 0.05) is 79.7 Å². The zero-order valence-corrected chi connectivity index (χ0v) is 31.8. The number of anilines is 2. The van der Waals surface area contributed by atoms with E-state index in [0.29, 0.717) is 34.8 Å². The van der Waals surface area contributed by atoms with Gasteiger partial charge < -0.3 is 34.8 Å². The van der Waals surface area contributed by atoms with Crippen LogP contribution in [-0.4, -0.2) is 76.2 Å². The first-order chi connectivity index (χ1) is 23.3. The predicted octanol–water partition coefficient (Wildman–Crippen LogP) is 10.2. The van der Waals surface area contributed by atoms with Crippen LogP contribution >= 0.6 is 24.0 Å². The fourth-order valence-electron chi connectivity index (χ4n) is 5.87. The lowest BCUT2D eigenvalue weighted by molar-refractivity contribution is 0.341. The van der Waals surface area contributed by atoms with Gasteiger partial charge in [0.25, 0.3) is 0 Å². The monoisotopic (exact) mass is 697 g/mol. The Hall–Kier alpha value is -3.04. The van der Waals surface area contributed by atoms with Crippen molar-refractivity contribution in [3.05, 3.63) is 59.0 Å². The Morgan fingerprint density at radius 2 is 1.12 bits per heavy atom. The zero-order valence-electron chi connectivity index (χ0n) is 30.2. The standard InChI is InChI=1S/C39H59N3O4S2/c1-7-13-21-41(22-14-8-2)29-17-19-31(33(43)27-29)35-37(44)36(38(35)45)32-20-18-30(42(23-15-9-3)24-16-10-4)28-34(32)46-25-26-48-39(47)40(11-5)12-6/h17-20,27-28,43-45H,7-16,21-26H2,1-6H3. The summed E-state index contributed by atoms with van der Waals surface area (Å²) in [4.78, 5) is 6.85. The second kappa shape index (κ2) is 20.5. The summed E-state index contributed by atoms with van der Waals surface area (Å²) in [7, 11) is 0. The minimum Gasteiger partial charge on any atom is -0.507 e. The van der Waals surface area contributed by atoms with E-state index in [4.69, 9.17) is 17.0 Å². The molecule has 7 nitrogen and oxygen atoms in total. The van der Waals surface area contributed by atoms with Gasteiger partial charge in [-0.05, 0) is 63.8 Å². The lowest BCUT2D eigenvalue weighted by atomic mass is 9.83. The van der Waals surface area contributed by atoms with Crippen LogP contribution in [0.4, 0.5) is 11.4 Å². The number of hydrogen-bond donors (Lipinski definition) is 3. The largest absolute Gasteiger partial charge is 0.507 e.